The maximum absolute atomic E-state index is 12.8. The van der Waals surface area contributed by atoms with Gasteiger partial charge >= 0.3 is 6.03 Å². The molecule has 2 aromatic rings. The van der Waals surface area contributed by atoms with Crippen LogP contribution < -0.4 is 19.5 Å². The number of thioether (sulfide) groups is 1. The summed E-state index contributed by atoms with van der Waals surface area (Å²) in [6, 6.07) is 13.1. The van der Waals surface area contributed by atoms with Gasteiger partial charge in [-0.2, -0.15) is 0 Å². The number of rotatable bonds is 3. The van der Waals surface area contributed by atoms with E-state index in [0.717, 1.165) is 22.8 Å². The van der Waals surface area contributed by atoms with Crippen molar-refractivity contribution in [1.29, 1.82) is 0 Å². The quantitative estimate of drug-likeness (QED) is 0.906. The van der Waals surface area contributed by atoms with E-state index in [1.165, 1.54) is 0 Å². The molecule has 130 valence electrons. The first-order valence-corrected chi connectivity index (χ1v) is 9.03. The Morgan fingerprint density at radius 2 is 2.08 bits per heavy atom. The summed E-state index contributed by atoms with van der Waals surface area (Å²) in [5.74, 6) is 3.01. The third-order valence-corrected chi connectivity index (χ3v) is 5.44. The maximum Gasteiger partial charge on any atom is 0.323 e. The van der Waals surface area contributed by atoms with Crippen molar-refractivity contribution in [3.05, 3.63) is 48.0 Å². The molecular weight excluding hydrogens is 340 g/mol. The van der Waals surface area contributed by atoms with Gasteiger partial charge in [-0.1, -0.05) is 18.2 Å². The average Bonchev–Trinajstić information content (AvgIpc) is 3.30. The molecule has 0 aliphatic carbocycles. The minimum atomic E-state index is -0.142. The number of methoxy groups -OCH3 is 1. The summed E-state index contributed by atoms with van der Waals surface area (Å²) in [6.07, 6.45) is 0. The zero-order chi connectivity index (χ0) is 17.2. The fourth-order valence-electron chi connectivity index (χ4n) is 2.96. The van der Waals surface area contributed by atoms with Gasteiger partial charge in [0.15, 0.2) is 11.5 Å². The van der Waals surface area contributed by atoms with Gasteiger partial charge in [0.25, 0.3) is 0 Å². The molecule has 2 aliphatic heterocycles. The second-order valence-corrected chi connectivity index (χ2v) is 6.85. The summed E-state index contributed by atoms with van der Waals surface area (Å²) in [5.41, 5.74) is 1.69. The molecule has 2 aromatic carbocycles. The fraction of sp³-hybridized carbons (Fsp3) is 0.278. The van der Waals surface area contributed by atoms with E-state index in [4.69, 9.17) is 14.2 Å². The predicted octanol–water partition coefficient (Wildman–Crippen LogP) is 3.70. The molecule has 2 amide bonds. The molecule has 1 fully saturated rings. The highest BCUT2D eigenvalue weighted by molar-refractivity contribution is 7.99. The molecule has 0 bridgehead atoms. The van der Waals surface area contributed by atoms with Crippen molar-refractivity contribution >= 4 is 23.5 Å². The topological polar surface area (TPSA) is 60.0 Å². The monoisotopic (exact) mass is 358 g/mol. The molecule has 1 unspecified atom stereocenters. The van der Waals surface area contributed by atoms with Crippen LogP contribution in [0.4, 0.5) is 10.5 Å². The van der Waals surface area contributed by atoms with E-state index in [1.807, 2.05) is 47.4 Å². The average molecular weight is 358 g/mol. The molecule has 7 heteroatoms. The number of hydrogen-bond acceptors (Lipinski definition) is 5. The lowest BCUT2D eigenvalue weighted by atomic mass is 10.2. The third kappa shape index (κ3) is 3.07. The molecule has 6 nitrogen and oxygen atoms in total. The van der Waals surface area contributed by atoms with Crippen LogP contribution in [0.2, 0.25) is 0 Å². The van der Waals surface area contributed by atoms with Gasteiger partial charge in [0.05, 0.1) is 12.8 Å². The molecule has 4 rings (SSSR count). The van der Waals surface area contributed by atoms with Gasteiger partial charge in [-0.15, -0.1) is 11.8 Å². The number of nitrogens with one attached hydrogen (secondary N) is 1. The standard InChI is InChI=1S/C18H18N2O4S/c1-22-14-5-3-2-4-13(14)19-18(21)20-8-9-25-17(20)12-6-7-15-16(10-12)24-11-23-15/h2-7,10,17H,8-9,11H2,1H3,(H,19,21). The smallest absolute Gasteiger partial charge is 0.323 e. The normalized spacial score (nSPS) is 18.3. The SMILES string of the molecule is COc1ccccc1NC(=O)N1CCSC1c1ccc2c(c1)OCO2. The number of carbonyl (C=O) groups excluding carboxylic acids is 1. The lowest BCUT2D eigenvalue weighted by Gasteiger charge is -2.25. The number of nitrogens with zero attached hydrogens (tertiary/aromatic N) is 1. The Balaban J connectivity index is 1.54. The number of amides is 2. The number of carbonyl (C=O) groups is 1. The van der Waals surface area contributed by atoms with E-state index in [-0.39, 0.29) is 18.2 Å². The van der Waals surface area contributed by atoms with Gasteiger partial charge in [-0.05, 0) is 29.8 Å². The number of hydrogen-bond donors (Lipinski definition) is 1. The van der Waals surface area contributed by atoms with Crippen molar-refractivity contribution in [3.8, 4) is 17.2 Å². The third-order valence-electron chi connectivity index (χ3n) is 4.18. The van der Waals surface area contributed by atoms with E-state index in [0.29, 0.717) is 18.0 Å². The molecule has 0 saturated carbocycles. The van der Waals surface area contributed by atoms with Crippen LogP contribution in [0.25, 0.3) is 0 Å². The minimum Gasteiger partial charge on any atom is -0.495 e. The van der Waals surface area contributed by atoms with Gasteiger partial charge in [0.2, 0.25) is 6.79 Å². The van der Waals surface area contributed by atoms with Crippen molar-refractivity contribution in [1.82, 2.24) is 4.90 Å². The largest absolute Gasteiger partial charge is 0.495 e. The van der Waals surface area contributed by atoms with E-state index in [9.17, 15) is 4.79 Å². The Morgan fingerprint density at radius 1 is 1.24 bits per heavy atom. The molecular formula is C18H18N2O4S. The lowest BCUT2D eigenvalue weighted by Crippen LogP contribution is -2.34. The van der Waals surface area contributed by atoms with E-state index in [1.54, 1.807) is 18.9 Å². The molecule has 0 aromatic heterocycles. The summed E-state index contributed by atoms with van der Waals surface area (Å²) in [5, 5.41) is 2.90. The summed E-state index contributed by atoms with van der Waals surface area (Å²) in [7, 11) is 1.59. The highest BCUT2D eigenvalue weighted by Gasteiger charge is 2.32. The van der Waals surface area contributed by atoms with Gasteiger partial charge in [0, 0.05) is 12.3 Å². The molecule has 0 spiro atoms. The summed E-state index contributed by atoms with van der Waals surface area (Å²) in [6.45, 7) is 0.930. The van der Waals surface area contributed by atoms with E-state index < -0.39 is 0 Å². The second-order valence-electron chi connectivity index (χ2n) is 5.66. The molecule has 1 N–H and O–H groups in total. The maximum atomic E-state index is 12.8. The van der Waals surface area contributed by atoms with Crippen LogP contribution >= 0.6 is 11.8 Å². The van der Waals surface area contributed by atoms with Crippen molar-refractivity contribution in [3.63, 3.8) is 0 Å². The number of para-hydroxylation sites is 2. The van der Waals surface area contributed by atoms with Gasteiger partial charge in [0.1, 0.15) is 11.1 Å². The number of fused-ring (bicyclic) bond motifs is 1. The van der Waals surface area contributed by atoms with Crippen molar-refractivity contribution < 1.29 is 19.0 Å². The summed E-state index contributed by atoms with van der Waals surface area (Å²) < 4.78 is 16.1. The zero-order valence-corrected chi connectivity index (χ0v) is 14.5. The number of ether oxygens (including phenoxy) is 3. The van der Waals surface area contributed by atoms with Gasteiger partial charge in [-0.3, -0.25) is 0 Å². The molecule has 1 atom stereocenters. The van der Waals surface area contributed by atoms with Crippen molar-refractivity contribution in [2.75, 3.05) is 31.5 Å². The van der Waals surface area contributed by atoms with Gasteiger partial charge in [-0.25, -0.2) is 4.79 Å². The van der Waals surface area contributed by atoms with Crippen LogP contribution in [0.5, 0.6) is 17.2 Å². The molecule has 2 heterocycles. The van der Waals surface area contributed by atoms with Crippen LogP contribution in [-0.4, -0.2) is 37.1 Å². The number of benzene rings is 2. The van der Waals surface area contributed by atoms with Crippen LogP contribution in [0.1, 0.15) is 10.9 Å². The van der Waals surface area contributed by atoms with Crippen molar-refractivity contribution in [2.24, 2.45) is 0 Å². The van der Waals surface area contributed by atoms with Crippen LogP contribution in [0, 0.1) is 0 Å². The first kappa shape index (κ1) is 16.0. The van der Waals surface area contributed by atoms with E-state index >= 15 is 0 Å². The Morgan fingerprint density at radius 3 is 2.96 bits per heavy atom. The molecule has 2 aliphatic rings. The van der Waals surface area contributed by atoms with Crippen LogP contribution in [0.3, 0.4) is 0 Å². The number of anilines is 1. The molecule has 25 heavy (non-hydrogen) atoms. The molecule has 1 saturated heterocycles. The Hall–Kier alpha value is -2.54. The second kappa shape index (κ2) is 6.76. The molecule has 0 radical (unpaired) electrons. The Kier molecular flexibility index (Phi) is 4.31. The lowest BCUT2D eigenvalue weighted by molar-refractivity contribution is 0.174. The van der Waals surface area contributed by atoms with Gasteiger partial charge < -0.3 is 24.4 Å². The van der Waals surface area contributed by atoms with Crippen LogP contribution in [0.15, 0.2) is 42.5 Å². The Bertz CT molecular complexity index is 798. The Labute approximate surface area is 150 Å². The fourth-order valence-corrected chi connectivity index (χ4v) is 4.20. The highest BCUT2D eigenvalue weighted by Crippen LogP contribution is 2.42. The minimum absolute atomic E-state index is 0.0517. The van der Waals surface area contributed by atoms with Crippen LogP contribution in [-0.2, 0) is 0 Å². The predicted molar refractivity (Wildman–Crippen MR) is 96.5 cm³/mol. The first-order valence-electron chi connectivity index (χ1n) is 7.98. The van der Waals surface area contributed by atoms with E-state index in [2.05, 4.69) is 5.32 Å². The zero-order valence-electron chi connectivity index (χ0n) is 13.7. The first-order chi connectivity index (χ1) is 12.3. The summed E-state index contributed by atoms with van der Waals surface area (Å²) in [4.78, 5) is 14.6. The number of urea groups is 1. The summed E-state index contributed by atoms with van der Waals surface area (Å²) >= 11 is 1.74. The highest BCUT2D eigenvalue weighted by atomic mass is 32.2. The van der Waals surface area contributed by atoms with Crippen molar-refractivity contribution in [2.45, 2.75) is 5.37 Å².